The minimum absolute atomic E-state index is 0.00504. The van der Waals surface area contributed by atoms with Crippen molar-refractivity contribution in [3.05, 3.63) is 46.7 Å². The first kappa shape index (κ1) is 12.1. The summed E-state index contributed by atoms with van der Waals surface area (Å²) in [6, 6.07) is 8.98. The second-order valence-corrected chi connectivity index (χ2v) is 4.93. The zero-order valence-electron chi connectivity index (χ0n) is 8.50. The molecule has 0 aliphatic rings. The number of aromatic nitrogens is 2. The highest BCUT2D eigenvalue weighted by molar-refractivity contribution is 9.10. The normalized spacial score (nSPS) is 10.2. The quantitative estimate of drug-likeness (QED) is 0.883. The first-order valence-electron chi connectivity index (χ1n) is 4.65. The molecule has 0 saturated heterocycles. The molecule has 2 rings (SSSR count). The summed E-state index contributed by atoms with van der Waals surface area (Å²) in [7, 11) is 0. The lowest BCUT2D eigenvalue weighted by Crippen LogP contribution is -2.01. The van der Waals surface area contributed by atoms with Crippen molar-refractivity contribution in [3.63, 3.8) is 0 Å². The van der Waals surface area contributed by atoms with E-state index in [1.165, 1.54) is 24.0 Å². The SMILES string of the molecule is O=C(O)c1ccnc(Sc2ccccc2Br)n1. The molecule has 0 unspecified atom stereocenters. The predicted molar refractivity (Wildman–Crippen MR) is 67.3 cm³/mol. The second-order valence-electron chi connectivity index (χ2n) is 3.06. The van der Waals surface area contributed by atoms with Crippen LogP contribution in [0.25, 0.3) is 0 Å². The van der Waals surface area contributed by atoms with E-state index in [2.05, 4.69) is 25.9 Å². The predicted octanol–water partition coefficient (Wildman–Crippen LogP) is 3.09. The fraction of sp³-hybridized carbons (Fsp3) is 0. The van der Waals surface area contributed by atoms with E-state index >= 15 is 0 Å². The average molecular weight is 311 g/mol. The number of halogens is 1. The van der Waals surface area contributed by atoms with Crippen LogP contribution in [-0.4, -0.2) is 21.0 Å². The Bertz CT molecular complexity index is 563. The number of nitrogens with zero attached hydrogens (tertiary/aromatic N) is 2. The fourth-order valence-corrected chi connectivity index (χ4v) is 2.43. The molecule has 0 spiro atoms. The number of carbonyl (C=O) groups is 1. The molecule has 0 aliphatic carbocycles. The Morgan fingerprint density at radius 2 is 2.06 bits per heavy atom. The van der Waals surface area contributed by atoms with Crippen molar-refractivity contribution < 1.29 is 9.90 Å². The molecular weight excluding hydrogens is 304 g/mol. The van der Waals surface area contributed by atoms with Crippen LogP contribution in [0.4, 0.5) is 0 Å². The molecule has 4 nitrogen and oxygen atoms in total. The largest absolute Gasteiger partial charge is 0.477 e. The third kappa shape index (κ3) is 3.04. The van der Waals surface area contributed by atoms with Gasteiger partial charge in [-0.1, -0.05) is 12.1 Å². The van der Waals surface area contributed by atoms with Crippen molar-refractivity contribution in [1.29, 1.82) is 0 Å². The average Bonchev–Trinajstić information content (AvgIpc) is 2.32. The van der Waals surface area contributed by atoms with Crippen molar-refractivity contribution in [3.8, 4) is 0 Å². The zero-order valence-corrected chi connectivity index (χ0v) is 10.9. The van der Waals surface area contributed by atoms with E-state index < -0.39 is 5.97 Å². The maximum absolute atomic E-state index is 10.8. The Morgan fingerprint density at radius 3 is 2.76 bits per heavy atom. The van der Waals surface area contributed by atoms with E-state index in [0.717, 1.165) is 9.37 Å². The maximum atomic E-state index is 10.8. The number of carboxylic acids is 1. The van der Waals surface area contributed by atoms with Crippen molar-refractivity contribution in [2.75, 3.05) is 0 Å². The molecule has 0 radical (unpaired) electrons. The molecule has 1 heterocycles. The molecule has 0 fully saturated rings. The van der Waals surface area contributed by atoms with Crippen LogP contribution in [-0.2, 0) is 0 Å². The van der Waals surface area contributed by atoms with Gasteiger partial charge in [-0.25, -0.2) is 14.8 Å². The van der Waals surface area contributed by atoms with Crippen LogP contribution in [0.5, 0.6) is 0 Å². The minimum Gasteiger partial charge on any atom is -0.477 e. The van der Waals surface area contributed by atoms with E-state index in [4.69, 9.17) is 5.11 Å². The van der Waals surface area contributed by atoms with Gasteiger partial charge in [0.2, 0.25) is 0 Å². The summed E-state index contributed by atoms with van der Waals surface area (Å²) in [5.74, 6) is -1.05. The zero-order chi connectivity index (χ0) is 12.3. The van der Waals surface area contributed by atoms with Gasteiger partial charge in [-0.3, -0.25) is 0 Å². The Balaban J connectivity index is 2.28. The van der Waals surface area contributed by atoms with Gasteiger partial charge in [0.25, 0.3) is 0 Å². The van der Waals surface area contributed by atoms with E-state index in [9.17, 15) is 4.79 Å². The summed E-state index contributed by atoms with van der Waals surface area (Å²) in [4.78, 5) is 19.7. The lowest BCUT2D eigenvalue weighted by Gasteiger charge is -2.02. The van der Waals surface area contributed by atoms with Gasteiger partial charge in [0.15, 0.2) is 10.9 Å². The van der Waals surface area contributed by atoms with E-state index in [0.29, 0.717) is 5.16 Å². The van der Waals surface area contributed by atoms with Crippen LogP contribution in [0.3, 0.4) is 0 Å². The lowest BCUT2D eigenvalue weighted by atomic mass is 10.4. The third-order valence-corrected chi connectivity index (χ3v) is 3.80. The summed E-state index contributed by atoms with van der Waals surface area (Å²) >= 11 is 4.72. The smallest absolute Gasteiger partial charge is 0.354 e. The van der Waals surface area contributed by atoms with Crippen LogP contribution in [0.15, 0.2) is 51.1 Å². The molecule has 17 heavy (non-hydrogen) atoms. The first-order chi connectivity index (χ1) is 8.16. The summed E-state index contributed by atoms with van der Waals surface area (Å²) in [6.45, 7) is 0. The summed E-state index contributed by atoms with van der Waals surface area (Å²) in [5.41, 5.74) is -0.00504. The molecule has 6 heteroatoms. The lowest BCUT2D eigenvalue weighted by molar-refractivity contribution is 0.0689. The summed E-state index contributed by atoms with van der Waals surface area (Å²) in [5, 5.41) is 9.23. The molecule has 1 N–H and O–H groups in total. The van der Waals surface area contributed by atoms with Gasteiger partial charge in [-0.2, -0.15) is 0 Å². The molecule has 0 bridgehead atoms. The van der Waals surface area contributed by atoms with Crippen molar-refractivity contribution >= 4 is 33.7 Å². The van der Waals surface area contributed by atoms with Gasteiger partial charge < -0.3 is 5.11 Å². The van der Waals surface area contributed by atoms with Gasteiger partial charge in [0, 0.05) is 15.6 Å². The first-order valence-corrected chi connectivity index (χ1v) is 6.26. The third-order valence-electron chi connectivity index (χ3n) is 1.89. The number of rotatable bonds is 3. The van der Waals surface area contributed by atoms with Crippen LogP contribution in [0.2, 0.25) is 0 Å². The molecular formula is C11H7BrN2O2S. The maximum Gasteiger partial charge on any atom is 0.354 e. The van der Waals surface area contributed by atoms with E-state index in [-0.39, 0.29) is 5.69 Å². The second kappa shape index (κ2) is 5.29. The standard InChI is InChI=1S/C11H7BrN2O2S/c12-7-3-1-2-4-9(7)17-11-13-6-5-8(14-11)10(15)16/h1-6H,(H,15,16). The molecule has 1 aromatic heterocycles. The Labute approximate surface area is 110 Å². The minimum atomic E-state index is -1.05. The van der Waals surface area contributed by atoms with Crippen molar-refractivity contribution in [1.82, 2.24) is 9.97 Å². The van der Waals surface area contributed by atoms with Gasteiger partial charge >= 0.3 is 5.97 Å². The number of hydrogen-bond donors (Lipinski definition) is 1. The monoisotopic (exact) mass is 310 g/mol. The highest BCUT2D eigenvalue weighted by Gasteiger charge is 2.08. The van der Waals surface area contributed by atoms with Gasteiger partial charge in [0.05, 0.1) is 0 Å². The number of benzene rings is 1. The van der Waals surface area contributed by atoms with E-state index in [1.807, 2.05) is 24.3 Å². The van der Waals surface area contributed by atoms with Gasteiger partial charge in [-0.15, -0.1) is 0 Å². The number of aromatic carboxylic acids is 1. The van der Waals surface area contributed by atoms with Gasteiger partial charge in [-0.05, 0) is 45.9 Å². The van der Waals surface area contributed by atoms with Crippen LogP contribution in [0.1, 0.15) is 10.5 Å². The molecule has 0 amide bonds. The van der Waals surface area contributed by atoms with Crippen molar-refractivity contribution in [2.45, 2.75) is 10.1 Å². The number of hydrogen-bond acceptors (Lipinski definition) is 4. The molecule has 1 aromatic carbocycles. The molecule has 2 aromatic rings. The molecule has 0 saturated carbocycles. The van der Waals surface area contributed by atoms with E-state index in [1.54, 1.807) is 0 Å². The molecule has 86 valence electrons. The Hall–Kier alpha value is -1.40. The fourth-order valence-electron chi connectivity index (χ4n) is 1.13. The summed E-state index contributed by atoms with van der Waals surface area (Å²) < 4.78 is 0.925. The van der Waals surface area contributed by atoms with Crippen molar-refractivity contribution in [2.24, 2.45) is 0 Å². The Kier molecular flexibility index (Phi) is 3.75. The Morgan fingerprint density at radius 1 is 1.29 bits per heavy atom. The highest BCUT2D eigenvalue weighted by Crippen LogP contribution is 2.30. The molecule has 0 aliphatic heterocycles. The van der Waals surface area contributed by atoms with Crippen LogP contribution < -0.4 is 0 Å². The van der Waals surface area contributed by atoms with Gasteiger partial charge in [0.1, 0.15) is 0 Å². The summed E-state index contributed by atoms with van der Waals surface area (Å²) in [6.07, 6.45) is 1.44. The highest BCUT2D eigenvalue weighted by atomic mass is 79.9. The molecule has 0 atom stereocenters. The van der Waals surface area contributed by atoms with Crippen LogP contribution >= 0.6 is 27.7 Å². The topological polar surface area (TPSA) is 63.1 Å². The van der Waals surface area contributed by atoms with Crippen LogP contribution in [0, 0.1) is 0 Å². The number of carboxylic acid groups (broad SMARTS) is 1.